The highest BCUT2D eigenvalue weighted by Gasteiger charge is 2.35. The molecule has 5 nitrogen and oxygen atoms in total. The van der Waals surface area contributed by atoms with Gasteiger partial charge in [0.25, 0.3) is 0 Å². The smallest absolute Gasteiger partial charge is 0.163 e. The van der Waals surface area contributed by atoms with Crippen molar-refractivity contribution in [2.45, 2.75) is 52.1 Å². The number of hydroxylamine groups is 1. The Kier molecular flexibility index (Phi) is 7.87. The molecule has 1 saturated carbocycles. The summed E-state index contributed by atoms with van der Waals surface area (Å²) in [4.78, 5) is 17.9. The molecule has 1 heterocycles. The lowest BCUT2D eigenvalue weighted by Gasteiger charge is -2.32. The zero-order chi connectivity index (χ0) is 17.5. The Morgan fingerprint density at radius 3 is 2.92 bits per heavy atom. The van der Waals surface area contributed by atoms with Crippen LogP contribution in [0.4, 0.5) is 0 Å². The van der Waals surface area contributed by atoms with Gasteiger partial charge in [0.2, 0.25) is 0 Å². The molecule has 0 radical (unpaired) electrons. The lowest BCUT2D eigenvalue weighted by atomic mass is 9.78. The topological polar surface area (TPSA) is 75.6 Å². The minimum atomic E-state index is -0.768. The molecule has 0 spiro atoms. The van der Waals surface area contributed by atoms with Gasteiger partial charge >= 0.3 is 0 Å². The molecule has 0 bridgehead atoms. The zero-order valence-corrected chi connectivity index (χ0v) is 16.0. The highest BCUT2D eigenvalue weighted by atomic mass is 32.8. The number of carbonyl (C=O) groups is 1. The van der Waals surface area contributed by atoms with E-state index in [-0.39, 0.29) is 21.2 Å². The maximum Gasteiger partial charge on any atom is 0.163 e. The first-order chi connectivity index (χ1) is 11.6. The first-order valence-electron chi connectivity index (χ1n) is 8.59. The van der Waals surface area contributed by atoms with Crippen LogP contribution in [0.25, 0.3) is 0 Å². The number of hydrogen-bond donors (Lipinski definition) is 2. The number of hydrogen-bond acceptors (Lipinski definition) is 5. The standard InChI is InChI=1S/C17H27NO4S2/c1-3-6-14(18-22-4-2)17-15(19)9-13(10-16(17)20)12-7-5-8-24(11-12)23-21/h7,13,15,18-19H,3-6,8-11H2,1-2H3. The van der Waals surface area contributed by atoms with Crippen LogP contribution >= 0.6 is 0 Å². The summed E-state index contributed by atoms with van der Waals surface area (Å²) >= 11 is 0. The van der Waals surface area contributed by atoms with Crippen LogP contribution in [0.3, 0.4) is 0 Å². The van der Waals surface area contributed by atoms with E-state index >= 15 is 0 Å². The van der Waals surface area contributed by atoms with Crippen LogP contribution in [0.15, 0.2) is 22.9 Å². The van der Waals surface area contributed by atoms with E-state index in [0.717, 1.165) is 24.3 Å². The molecule has 136 valence electrons. The van der Waals surface area contributed by atoms with Crippen molar-refractivity contribution in [1.82, 2.24) is 5.48 Å². The second-order valence-electron chi connectivity index (χ2n) is 6.18. The van der Waals surface area contributed by atoms with E-state index in [0.29, 0.717) is 47.4 Å². The molecule has 0 amide bonds. The van der Waals surface area contributed by atoms with Crippen molar-refractivity contribution >= 4 is 25.5 Å². The number of aliphatic hydroxyl groups is 1. The monoisotopic (exact) mass is 373 g/mol. The first-order valence-corrected chi connectivity index (χ1v) is 11.4. The van der Waals surface area contributed by atoms with E-state index in [2.05, 4.69) is 11.6 Å². The third kappa shape index (κ3) is 4.88. The summed E-state index contributed by atoms with van der Waals surface area (Å²) in [6.07, 6.45) is 4.83. The summed E-state index contributed by atoms with van der Waals surface area (Å²) in [5.74, 6) is 1.77. The molecular formula is C17H27NO4S2. The molecule has 1 aliphatic carbocycles. The van der Waals surface area contributed by atoms with E-state index in [4.69, 9.17) is 4.84 Å². The number of ketones is 1. The number of Topliss-reactive ketones (excluding diaryl/α,β-unsaturated/α-hetero) is 1. The molecule has 2 rings (SSSR count). The van der Waals surface area contributed by atoms with Gasteiger partial charge in [-0.2, -0.15) is 0 Å². The Hall–Kier alpha value is -0.760. The SMILES string of the molecule is CCCC(NOCC)=C1C(=O)CC(C2=CCCS(=S=O)C2)CC1O. The highest BCUT2D eigenvalue weighted by Crippen LogP contribution is 2.34. The fourth-order valence-corrected chi connectivity index (χ4v) is 5.74. The van der Waals surface area contributed by atoms with E-state index in [9.17, 15) is 14.1 Å². The second kappa shape index (κ2) is 9.65. The molecular weight excluding hydrogens is 346 g/mol. The summed E-state index contributed by atoms with van der Waals surface area (Å²) < 4.78 is 11.1. The van der Waals surface area contributed by atoms with Crippen LogP contribution in [-0.4, -0.2) is 39.3 Å². The van der Waals surface area contributed by atoms with E-state index < -0.39 is 6.10 Å². The van der Waals surface area contributed by atoms with Gasteiger partial charge in [0.1, 0.15) is 10.2 Å². The third-order valence-corrected chi connectivity index (χ3v) is 7.41. The molecule has 1 fully saturated rings. The molecule has 24 heavy (non-hydrogen) atoms. The zero-order valence-electron chi connectivity index (χ0n) is 14.4. The lowest BCUT2D eigenvalue weighted by molar-refractivity contribution is -0.119. The fourth-order valence-electron chi connectivity index (χ4n) is 3.33. The van der Waals surface area contributed by atoms with Gasteiger partial charge in [-0.1, -0.05) is 34.4 Å². The molecule has 0 saturated heterocycles. The largest absolute Gasteiger partial charge is 0.388 e. The predicted molar refractivity (Wildman–Crippen MR) is 98.4 cm³/mol. The molecule has 2 N–H and O–H groups in total. The van der Waals surface area contributed by atoms with Crippen molar-refractivity contribution in [1.29, 1.82) is 0 Å². The number of carbonyl (C=O) groups excluding carboxylic acids is 1. The fraction of sp³-hybridized carbons (Fsp3) is 0.706. The maximum atomic E-state index is 12.7. The van der Waals surface area contributed by atoms with Crippen molar-refractivity contribution in [2.24, 2.45) is 5.92 Å². The molecule has 3 atom stereocenters. The molecule has 0 aromatic rings. The summed E-state index contributed by atoms with van der Waals surface area (Å²) in [6.45, 7) is 4.40. The second-order valence-corrected chi connectivity index (χ2v) is 9.71. The van der Waals surface area contributed by atoms with Crippen molar-refractivity contribution in [3.8, 4) is 0 Å². The van der Waals surface area contributed by atoms with Crippen LogP contribution in [0, 0.1) is 5.92 Å². The maximum absolute atomic E-state index is 12.7. The summed E-state index contributed by atoms with van der Waals surface area (Å²) in [5.41, 5.74) is 5.23. The van der Waals surface area contributed by atoms with Crippen LogP contribution in [-0.2, 0) is 29.3 Å². The van der Waals surface area contributed by atoms with Gasteiger partial charge < -0.3 is 5.11 Å². The van der Waals surface area contributed by atoms with Crippen LogP contribution < -0.4 is 5.48 Å². The minimum absolute atomic E-state index is 0.00413. The lowest BCUT2D eigenvalue weighted by Crippen LogP contribution is -2.35. The summed E-state index contributed by atoms with van der Waals surface area (Å²) in [6, 6.07) is 0. The van der Waals surface area contributed by atoms with Crippen molar-refractivity contribution in [3.63, 3.8) is 0 Å². The molecule has 2 aliphatic rings. The van der Waals surface area contributed by atoms with Gasteiger partial charge in [-0.25, -0.2) is 4.21 Å². The Morgan fingerprint density at radius 2 is 2.29 bits per heavy atom. The van der Waals surface area contributed by atoms with Crippen molar-refractivity contribution in [3.05, 3.63) is 22.9 Å². The van der Waals surface area contributed by atoms with Gasteiger partial charge in [0, 0.05) is 29.2 Å². The van der Waals surface area contributed by atoms with Crippen molar-refractivity contribution < 1.29 is 18.9 Å². The van der Waals surface area contributed by atoms with Gasteiger partial charge in [-0.05, 0) is 32.1 Å². The number of nitrogens with one attached hydrogen (secondary N) is 1. The van der Waals surface area contributed by atoms with Gasteiger partial charge in [0.05, 0.1) is 12.7 Å². The van der Waals surface area contributed by atoms with Crippen molar-refractivity contribution in [2.75, 3.05) is 18.1 Å². The molecule has 3 unspecified atom stereocenters. The Balaban J connectivity index is 2.17. The number of rotatable bonds is 6. The molecule has 1 aliphatic heterocycles. The Morgan fingerprint density at radius 1 is 1.50 bits per heavy atom. The van der Waals surface area contributed by atoms with Crippen LogP contribution in [0.1, 0.15) is 46.0 Å². The normalized spacial score (nSPS) is 29.9. The van der Waals surface area contributed by atoms with E-state index in [1.54, 1.807) is 0 Å². The van der Waals surface area contributed by atoms with E-state index in [1.807, 2.05) is 13.8 Å². The average molecular weight is 374 g/mol. The third-order valence-electron chi connectivity index (χ3n) is 4.44. The average Bonchev–Trinajstić information content (AvgIpc) is 2.59. The van der Waals surface area contributed by atoms with Gasteiger partial charge in [-0.3, -0.25) is 15.1 Å². The minimum Gasteiger partial charge on any atom is -0.388 e. The first kappa shape index (κ1) is 19.6. The Labute approximate surface area is 149 Å². The summed E-state index contributed by atoms with van der Waals surface area (Å²) in [5, 5.41) is 10.6. The molecule has 0 aromatic heterocycles. The van der Waals surface area contributed by atoms with Crippen LogP contribution in [0.2, 0.25) is 0 Å². The summed E-state index contributed by atoms with van der Waals surface area (Å²) in [7, 11) is 0.515. The van der Waals surface area contributed by atoms with Gasteiger partial charge in [-0.15, -0.1) is 0 Å². The molecule has 0 aromatic carbocycles. The van der Waals surface area contributed by atoms with E-state index in [1.165, 1.54) is 5.57 Å². The number of allylic oxidation sites excluding steroid dienone is 2. The van der Waals surface area contributed by atoms with Crippen LogP contribution in [0.5, 0.6) is 0 Å². The number of aliphatic hydroxyl groups excluding tert-OH is 1. The quantitative estimate of drug-likeness (QED) is 0.423. The Bertz CT molecular complexity index is 593. The van der Waals surface area contributed by atoms with Gasteiger partial charge in [0.15, 0.2) is 5.78 Å². The highest BCUT2D eigenvalue weighted by molar-refractivity contribution is 8.31. The predicted octanol–water partition coefficient (Wildman–Crippen LogP) is 2.00. The molecule has 7 heteroatoms.